The summed E-state index contributed by atoms with van der Waals surface area (Å²) in [6.07, 6.45) is 0. The monoisotopic (exact) mass is 368 g/mol. The Kier molecular flexibility index (Phi) is 3.55. The molecule has 0 atom stereocenters. The summed E-state index contributed by atoms with van der Waals surface area (Å²) in [5.74, 6) is 0.141. The fraction of sp³-hybridized carbons (Fsp3) is 0. The number of hydrogen-bond acceptors (Lipinski definition) is 5. The summed E-state index contributed by atoms with van der Waals surface area (Å²) >= 11 is 6.11. The molecule has 2 aromatic rings. The second-order valence-corrected chi connectivity index (χ2v) is 6.00. The third-order valence-corrected chi connectivity index (χ3v) is 4.21. The van der Waals surface area contributed by atoms with Crippen molar-refractivity contribution in [3.63, 3.8) is 0 Å². The van der Waals surface area contributed by atoms with E-state index >= 15 is 0 Å². The first-order valence-electron chi connectivity index (χ1n) is 7.44. The number of benzene rings is 2. The van der Waals surface area contributed by atoms with E-state index in [4.69, 9.17) is 11.6 Å². The van der Waals surface area contributed by atoms with Gasteiger partial charge >= 0.3 is 5.69 Å². The highest BCUT2D eigenvalue weighted by Gasteiger charge is 2.18. The van der Waals surface area contributed by atoms with E-state index < -0.39 is 16.2 Å². The van der Waals surface area contributed by atoms with Gasteiger partial charge in [-0.1, -0.05) is 17.7 Å². The molecule has 0 amide bonds. The number of H-pyrrole nitrogens is 1. The van der Waals surface area contributed by atoms with E-state index in [9.17, 15) is 19.7 Å². The normalized spacial score (nSPS) is 11.1. The van der Waals surface area contributed by atoms with Crippen molar-refractivity contribution in [2.24, 2.45) is 0 Å². The average Bonchev–Trinajstić information content (AvgIpc) is 2.60. The van der Waals surface area contributed by atoms with Crippen molar-refractivity contribution in [3.05, 3.63) is 84.5 Å². The van der Waals surface area contributed by atoms with Crippen LogP contribution in [-0.2, 0) is 0 Å². The number of fused-ring (bicyclic) bond motifs is 2. The number of nitro benzene ring substituents is 1. The Hall–Kier alpha value is -3.52. The van der Waals surface area contributed by atoms with Crippen LogP contribution in [-0.4, -0.2) is 19.5 Å². The smallest absolute Gasteiger partial charge is 0.294 e. The lowest BCUT2D eigenvalue weighted by Crippen LogP contribution is -2.27. The Labute approximate surface area is 149 Å². The molecule has 0 bridgehead atoms. The number of non-ortho nitro benzene ring substituents is 1. The van der Waals surface area contributed by atoms with Crippen molar-refractivity contribution in [3.8, 4) is 17.1 Å². The number of halogens is 1. The van der Waals surface area contributed by atoms with Gasteiger partial charge < -0.3 is 0 Å². The van der Waals surface area contributed by atoms with Crippen LogP contribution < -0.4 is 11.2 Å². The average molecular weight is 369 g/mol. The first-order valence-corrected chi connectivity index (χ1v) is 7.82. The second kappa shape index (κ2) is 5.78. The third kappa shape index (κ3) is 2.52. The number of rotatable bonds is 2. The highest BCUT2D eigenvalue weighted by molar-refractivity contribution is 6.31. The highest BCUT2D eigenvalue weighted by Crippen LogP contribution is 2.30. The van der Waals surface area contributed by atoms with Gasteiger partial charge in [-0.3, -0.25) is 24.5 Å². The van der Waals surface area contributed by atoms with Crippen molar-refractivity contribution in [1.29, 1.82) is 0 Å². The van der Waals surface area contributed by atoms with Crippen LogP contribution in [0, 0.1) is 10.1 Å². The number of nitrogens with one attached hydrogen (secondary N) is 1. The lowest BCUT2D eigenvalue weighted by atomic mass is 10.1. The quantitative estimate of drug-likeness (QED) is 0.332. The number of pyridine rings is 1. The van der Waals surface area contributed by atoms with Crippen molar-refractivity contribution < 1.29 is 4.92 Å². The maximum Gasteiger partial charge on any atom is 0.349 e. The predicted octanol–water partition coefficient (Wildman–Crippen LogP) is 2.74. The van der Waals surface area contributed by atoms with Gasteiger partial charge in [-0.15, -0.1) is 0 Å². The predicted molar refractivity (Wildman–Crippen MR) is 96.2 cm³/mol. The van der Waals surface area contributed by atoms with Crippen LogP contribution in [0.1, 0.15) is 0 Å². The van der Waals surface area contributed by atoms with Crippen LogP contribution in [0.4, 0.5) is 5.69 Å². The Bertz CT molecular complexity index is 1260. The highest BCUT2D eigenvalue weighted by atomic mass is 35.5. The molecule has 0 aromatic heterocycles. The van der Waals surface area contributed by atoms with Crippen LogP contribution >= 0.6 is 11.6 Å². The number of nitro groups is 1. The molecule has 8 nitrogen and oxygen atoms in total. The first-order chi connectivity index (χ1) is 12.4. The van der Waals surface area contributed by atoms with E-state index in [1.165, 1.54) is 24.3 Å². The molecule has 0 radical (unpaired) electrons. The number of aromatic nitrogens is 3. The van der Waals surface area contributed by atoms with Crippen LogP contribution in [0.2, 0.25) is 5.02 Å². The zero-order valence-electron chi connectivity index (χ0n) is 13.0. The van der Waals surface area contributed by atoms with E-state index in [1.54, 1.807) is 28.8 Å². The summed E-state index contributed by atoms with van der Waals surface area (Å²) in [7, 11) is 0. The Morgan fingerprint density at radius 3 is 2.50 bits per heavy atom. The Balaban J connectivity index is 2.16. The SMILES string of the molecule is O=c1nc2n(-c3ccc([N+](=O)[O-])cc3)c3cc(Cl)ccc3cc-2c(=O)[nH]1. The fourth-order valence-electron chi connectivity index (χ4n) is 2.84. The van der Waals surface area contributed by atoms with Gasteiger partial charge in [0.05, 0.1) is 16.0 Å². The maximum absolute atomic E-state index is 12.2. The molecule has 1 N–H and O–H groups in total. The molecule has 128 valence electrons. The van der Waals surface area contributed by atoms with Crippen molar-refractivity contribution in [2.75, 3.05) is 0 Å². The number of nitrogens with zero attached hydrogens (tertiary/aromatic N) is 3. The van der Waals surface area contributed by atoms with Gasteiger partial charge in [0, 0.05) is 22.8 Å². The molecule has 2 aliphatic rings. The molecule has 4 rings (SSSR count). The van der Waals surface area contributed by atoms with E-state index in [0.29, 0.717) is 21.6 Å². The fourth-order valence-corrected chi connectivity index (χ4v) is 3.00. The van der Waals surface area contributed by atoms with Crippen LogP contribution in [0.3, 0.4) is 0 Å². The lowest BCUT2D eigenvalue weighted by Gasteiger charge is -2.17. The minimum Gasteiger partial charge on any atom is -0.294 e. The molecule has 0 fully saturated rings. The van der Waals surface area contributed by atoms with Gasteiger partial charge in [0.1, 0.15) is 0 Å². The standard InChI is InChI=1S/C17H9ClN4O4/c18-10-2-1-9-7-13-15(19-17(24)20-16(13)23)21(14(9)8-10)11-3-5-12(6-4-11)22(25)26/h1-8H,(H,20,23,24). The maximum atomic E-state index is 12.2. The largest absolute Gasteiger partial charge is 0.349 e. The molecule has 0 saturated heterocycles. The van der Waals surface area contributed by atoms with Gasteiger partial charge in [-0.05, 0) is 35.7 Å². The molecular formula is C17H9ClN4O4. The summed E-state index contributed by atoms with van der Waals surface area (Å²) < 4.78 is 1.58. The number of hydrogen-bond donors (Lipinski definition) is 1. The molecule has 0 aliphatic carbocycles. The minimum atomic E-state index is -0.778. The Morgan fingerprint density at radius 2 is 1.81 bits per heavy atom. The first kappa shape index (κ1) is 16.0. The zero-order valence-corrected chi connectivity index (χ0v) is 13.7. The number of aromatic amines is 1. The molecule has 2 heterocycles. The Morgan fingerprint density at radius 1 is 1.08 bits per heavy atom. The molecule has 9 heteroatoms. The van der Waals surface area contributed by atoms with Gasteiger partial charge in [0.2, 0.25) is 0 Å². The topological polar surface area (TPSA) is 111 Å². The van der Waals surface area contributed by atoms with Crippen molar-refractivity contribution in [2.45, 2.75) is 0 Å². The van der Waals surface area contributed by atoms with Crippen LogP contribution in [0.5, 0.6) is 0 Å². The second-order valence-electron chi connectivity index (χ2n) is 5.56. The molecule has 26 heavy (non-hydrogen) atoms. The van der Waals surface area contributed by atoms with E-state index in [0.717, 1.165) is 0 Å². The van der Waals surface area contributed by atoms with E-state index in [-0.39, 0.29) is 17.1 Å². The molecule has 0 spiro atoms. The van der Waals surface area contributed by atoms with E-state index in [1.807, 2.05) is 0 Å². The van der Waals surface area contributed by atoms with Gasteiger partial charge in [-0.2, -0.15) is 4.98 Å². The molecular weight excluding hydrogens is 360 g/mol. The van der Waals surface area contributed by atoms with Gasteiger partial charge in [0.25, 0.3) is 11.2 Å². The zero-order chi connectivity index (χ0) is 18.4. The molecule has 0 saturated carbocycles. The molecule has 2 aliphatic heterocycles. The van der Waals surface area contributed by atoms with Gasteiger partial charge in [-0.25, -0.2) is 4.79 Å². The molecule has 0 unspecified atom stereocenters. The summed E-state index contributed by atoms with van der Waals surface area (Å²) in [5, 5.41) is 12.0. The van der Waals surface area contributed by atoms with E-state index in [2.05, 4.69) is 9.97 Å². The third-order valence-electron chi connectivity index (χ3n) is 3.98. The summed E-state index contributed by atoms with van der Waals surface area (Å²) in [6, 6.07) is 12.4. The lowest BCUT2D eigenvalue weighted by molar-refractivity contribution is -0.384. The minimum absolute atomic E-state index is 0.0766. The molecule has 2 aromatic carbocycles. The van der Waals surface area contributed by atoms with Crippen LogP contribution in [0.25, 0.3) is 28.0 Å². The summed E-state index contributed by atoms with van der Waals surface area (Å²) in [4.78, 5) is 40.4. The van der Waals surface area contributed by atoms with Crippen molar-refractivity contribution in [1.82, 2.24) is 14.5 Å². The van der Waals surface area contributed by atoms with Gasteiger partial charge in [0.15, 0.2) is 5.82 Å². The summed E-state index contributed by atoms with van der Waals surface area (Å²) in [6.45, 7) is 0. The van der Waals surface area contributed by atoms with Crippen LogP contribution in [0.15, 0.2) is 58.1 Å². The van der Waals surface area contributed by atoms with Crippen molar-refractivity contribution >= 4 is 28.2 Å². The summed E-state index contributed by atoms with van der Waals surface area (Å²) in [5.41, 5.74) is -0.0839.